The van der Waals surface area contributed by atoms with E-state index >= 15 is 0 Å². The number of carboxylic acids is 1. The van der Waals surface area contributed by atoms with E-state index in [2.05, 4.69) is 31.9 Å². The number of methoxy groups -OCH3 is 1. The second kappa shape index (κ2) is 9.69. The number of nitrogens with one attached hydrogen (secondary N) is 3. The van der Waals surface area contributed by atoms with Gasteiger partial charge in [-0.2, -0.15) is 0 Å². The van der Waals surface area contributed by atoms with Crippen molar-refractivity contribution in [1.82, 2.24) is 10.6 Å². The van der Waals surface area contributed by atoms with Crippen LogP contribution in [-0.2, 0) is 9.59 Å². The maximum atomic E-state index is 13.2. The summed E-state index contributed by atoms with van der Waals surface area (Å²) in [5.41, 5.74) is 1.40. The summed E-state index contributed by atoms with van der Waals surface area (Å²) in [5, 5.41) is 16.8. The van der Waals surface area contributed by atoms with Gasteiger partial charge in [-0.25, -0.2) is 14.0 Å². The van der Waals surface area contributed by atoms with Crippen molar-refractivity contribution in [2.45, 2.75) is 13.0 Å². The second-order valence-corrected chi connectivity index (χ2v) is 7.59. The zero-order valence-electron chi connectivity index (χ0n) is 17.0. The number of carbonyl (C=O) groups is 3. The van der Waals surface area contributed by atoms with E-state index in [1.807, 2.05) is 0 Å². The van der Waals surface area contributed by atoms with Crippen molar-refractivity contribution in [3.05, 3.63) is 63.5 Å². The van der Waals surface area contributed by atoms with Crippen molar-refractivity contribution >= 4 is 39.5 Å². The van der Waals surface area contributed by atoms with E-state index in [4.69, 9.17) is 14.6 Å². The molecule has 1 atom stereocenters. The fraction of sp³-hybridized carbons (Fsp3) is 0.190. The smallest absolute Gasteiger partial charge is 0.341 e. The molecule has 0 unspecified atom stereocenters. The van der Waals surface area contributed by atoms with Crippen LogP contribution < -0.4 is 25.4 Å². The van der Waals surface area contributed by atoms with Crippen LogP contribution in [0.25, 0.3) is 0 Å². The summed E-state index contributed by atoms with van der Waals surface area (Å²) in [7, 11) is 1.38. The zero-order chi connectivity index (χ0) is 23.4. The Labute approximate surface area is 190 Å². The highest BCUT2D eigenvalue weighted by atomic mass is 79.9. The van der Waals surface area contributed by atoms with Gasteiger partial charge in [0.1, 0.15) is 5.82 Å². The molecule has 3 rings (SSSR count). The van der Waals surface area contributed by atoms with Gasteiger partial charge in [-0.1, -0.05) is 15.9 Å². The van der Waals surface area contributed by atoms with Gasteiger partial charge in [-0.15, -0.1) is 0 Å². The molecular formula is C21H19BrFN3O6. The molecule has 0 fully saturated rings. The van der Waals surface area contributed by atoms with Crippen LogP contribution in [-0.4, -0.2) is 36.7 Å². The van der Waals surface area contributed by atoms with Gasteiger partial charge < -0.3 is 30.5 Å². The summed E-state index contributed by atoms with van der Waals surface area (Å²) in [4.78, 5) is 36.1. The Kier molecular flexibility index (Phi) is 6.98. The van der Waals surface area contributed by atoms with Crippen LogP contribution in [0.4, 0.5) is 14.9 Å². The Bertz CT molecular complexity index is 1100. The molecule has 0 bridgehead atoms. The van der Waals surface area contributed by atoms with Gasteiger partial charge >= 0.3 is 12.0 Å². The molecule has 168 valence electrons. The first-order chi connectivity index (χ1) is 15.2. The topological polar surface area (TPSA) is 126 Å². The predicted molar refractivity (Wildman–Crippen MR) is 116 cm³/mol. The van der Waals surface area contributed by atoms with E-state index < -0.39 is 36.4 Å². The summed E-state index contributed by atoms with van der Waals surface area (Å²) in [6.07, 6.45) is 0. The minimum absolute atomic E-state index is 0.170. The van der Waals surface area contributed by atoms with E-state index in [0.29, 0.717) is 21.4 Å². The third-order valence-corrected chi connectivity index (χ3v) is 5.25. The molecular weight excluding hydrogens is 489 g/mol. The SMILES string of the molecule is COc1cc([C@H]2NC(=O)NC(C)=C2C(=O)Nc2ccc(F)cc2)c(Br)cc1OCC(=O)O. The molecule has 32 heavy (non-hydrogen) atoms. The van der Waals surface area contributed by atoms with Crippen LogP contribution >= 0.6 is 15.9 Å². The van der Waals surface area contributed by atoms with E-state index in [9.17, 15) is 18.8 Å². The first-order valence-corrected chi connectivity index (χ1v) is 10.1. The molecule has 0 radical (unpaired) electrons. The zero-order valence-corrected chi connectivity index (χ0v) is 18.6. The van der Waals surface area contributed by atoms with Crippen LogP contribution in [0, 0.1) is 5.82 Å². The molecule has 0 aromatic heterocycles. The molecule has 1 aliphatic heterocycles. The van der Waals surface area contributed by atoms with Gasteiger partial charge in [0.05, 0.1) is 18.7 Å². The van der Waals surface area contributed by atoms with Crippen LogP contribution in [0.1, 0.15) is 18.5 Å². The molecule has 4 N–H and O–H groups in total. The lowest BCUT2D eigenvalue weighted by Gasteiger charge is -2.29. The third kappa shape index (κ3) is 5.17. The molecule has 0 saturated carbocycles. The fourth-order valence-corrected chi connectivity index (χ4v) is 3.69. The average Bonchev–Trinajstić information content (AvgIpc) is 2.73. The van der Waals surface area contributed by atoms with Crippen molar-refractivity contribution in [2.75, 3.05) is 19.0 Å². The molecule has 9 nitrogen and oxygen atoms in total. The highest BCUT2D eigenvalue weighted by Gasteiger charge is 2.33. The Balaban J connectivity index is 1.99. The van der Waals surface area contributed by atoms with Crippen LogP contribution in [0.15, 0.2) is 52.1 Å². The first kappa shape index (κ1) is 23.1. The van der Waals surface area contributed by atoms with Crippen LogP contribution in [0.5, 0.6) is 11.5 Å². The fourth-order valence-electron chi connectivity index (χ4n) is 3.14. The van der Waals surface area contributed by atoms with Crippen molar-refractivity contribution in [3.8, 4) is 11.5 Å². The highest BCUT2D eigenvalue weighted by Crippen LogP contribution is 2.39. The first-order valence-electron chi connectivity index (χ1n) is 9.26. The van der Waals surface area contributed by atoms with Crippen molar-refractivity contribution < 1.29 is 33.4 Å². The largest absolute Gasteiger partial charge is 0.493 e. The molecule has 11 heteroatoms. The highest BCUT2D eigenvalue weighted by molar-refractivity contribution is 9.10. The molecule has 0 aliphatic carbocycles. The minimum atomic E-state index is -1.16. The number of carboxylic acid groups (broad SMARTS) is 1. The lowest BCUT2D eigenvalue weighted by Crippen LogP contribution is -2.46. The van der Waals surface area contributed by atoms with E-state index in [-0.39, 0.29) is 17.1 Å². The Morgan fingerprint density at radius 3 is 2.53 bits per heavy atom. The maximum absolute atomic E-state index is 13.2. The number of hydrogen-bond donors (Lipinski definition) is 4. The van der Waals surface area contributed by atoms with Gasteiger partial charge in [0.25, 0.3) is 5.91 Å². The van der Waals surface area contributed by atoms with Crippen molar-refractivity contribution in [2.24, 2.45) is 0 Å². The number of benzene rings is 2. The molecule has 3 amide bonds. The molecule has 0 saturated heterocycles. The number of ether oxygens (including phenoxy) is 2. The summed E-state index contributed by atoms with van der Waals surface area (Å²) in [6, 6.07) is 6.91. The van der Waals surface area contributed by atoms with E-state index in [0.717, 1.165) is 0 Å². The summed E-state index contributed by atoms with van der Waals surface area (Å²) in [6.45, 7) is 1.01. The Morgan fingerprint density at radius 2 is 1.91 bits per heavy atom. The molecule has 1 heterocycles. The second-order valence-electron chi connectivity index (χ2n) is 6.74. The lowest BCUT2D eigenvalue weighted by atomic mass is 9.94. The number of halogens is 2. The summed E-state index contributed by atoms with van der Waals surface area (Å²) in [5.74, 6) is -1.72. The third-order valence-electron chi connectivity index (χ3n) is 4.56. The summed E-state index contributed by atoms with van der Waals surface area (Å²) < 4.78 is 24.2. The summed E-state index contributed by atoms with van der Waals surface area (Å²) >= 11 is 3.39. The van der Waals surface area contributed by atoms with Gasteiger partial charge in [0.2, 0.25) is 0 Å². The monoisotopic (exact) mass is 507 g/mol. The van der Waals surface area contributed by atoms with Gasteiger partial charge in [0.15, 0.2) is 18.1 Å². The van der Waals surface area contributed by atoms with Gasteiger partial charge in [-0.05, 0) is 48.9 Å². The number of anilines is 1. The predicted octanol–water partition coefficient (Wildman–Crippen LogP) is 3.33. The van der Waals surface area contributed by atoms with E-state index in [1.54, 1.807) is 6.92 Å². The number of allylic oxidation sites excluding steroid dienone is 1. The average molecular weight is 508 g/mol. The number of rotatable bonds is 7. The molecule has 2 aromatic rings. The van der Waals surface area contributed by atoms with E-state index in [1.165, 1.54) is 43.5 Å². The molecule has 0 spiro atoms. The Morgan fingerprint density at radius 1 is 1.22 bits per heavy atom. The maximum Gasteiger partial charge on any atom is 0.341 e. The number of amides is 3. The van der Waals surface area contributed by atoms with Crippen LogP contribution in [0.2, 0.25) is 0 Å². The number of urea groups is 1. The van der Waals surface area contributed by atoms with Crippen LogP contribution in [0.3, 0.4) is 0 Å². The number of aliphatic carboxylic acids is 1. The Hall–Kier alpha value is -3.60. The minimum Gasteiger partial charge on any atom is -0.493 e. The molecule has 2 aromatic carbocycles. The van der Waals surface area contributed by atoms with Crippen molar-refractivity contribution in [3.63, 3.8) is 0 Å². The number of hydrogen-bond acceptors (Lipinski definition) is 5. The molecule has 1 aliphatic rings. The van der Waals surface area contributed by atoms with Gasteiger partial charge in [-0.3, -0.25) is 4.79 Å². The normalized spacial score (nSPS) is 15.5. The lowest BCUT2D eigenvalue weighted by molar-refractivity contribution is -0.139. The number of carbonyl (C=O) groups excluding carboxylic acids is 2. The standard InChI is InChI=1S/C21H19BrFN3O6/c1-10-18(20(29)25-12-5-3-11(23)4-6-12)19(26-21(30)24-10)13-7-15(31-2)16(8-14(13)22)32-9-17(27)28/h3-8,19H,9H2,1-2H3,(H,25,29)(H,27,28)(H2,24,26,30)/t19-/m1/s1. The quantitative estimate of drug-likeness (QED) is 0.455. The van der Waals surface area contributed by atoms with Gasteiger partial charge in [0, 0.05) is 15.9 Å². The van der Waals surface area contributed by atoms with Crippen molar-refractivity contribution in [1.29, 1.82) is 0 Å².